The second kappa shape index (κ2) is 6.55. The summed E-state index contributed by atoms with van der Waals surface area (Å²) in [7, 11) is 0. The maximum absolute atomic E-state index is 5.90. The minimum absolute atomic E-state index is 0.206. The molecule has 1 aliphatic rings. The van der Waals surface area contributed by atoms with Crippen molar-refractivity contribution in [2.75, 3.05) is 13.2 Å². The largest absolute Gasteiger partial charge is 0.488 e. The molecule has 0 amide bonds. The minimum atomic E-state index is 0.206. The molecule has 0 radical (unpaired) electrons. The van der Waals surface area contributed by atoms with E-state index in [4.69, 9.17) is 9.47 Å². The first kappa shape index (κ1) is 13.8. The Balaban J connectivity index is 2.00. The van der Waals surface area contributed by atoms with Gasteiger partial charge in [-0.1, -0.05) is 29.8 Å². The molecule has 1 heterocycles. The Bertz CT molecular complexity index is 389. The summed E-state index contributed by atoms with van der Waals surface area (Å²) >= 11 is 3.57. The molecule has 2 rings (SSSR count). The van der Waals surface area contributed by atoms with Crippen LogP contribution in [0.5, 0.6) is 5.75 Å². The Morgan fingerprint density at radius 3 is 3.00 bits per heavy atom. The van der Waals surface area contributed by atoms with Crippen LogP contribution in [-0.4, -0.2) is 25.4 Å². The molecule has 1 saturated heterocycles. The van der Waals surface area contributed by atoms with E-state index in [1.807, 2.05) is 12.1 Å². The molecule has 1 aromatic carbocycles. The number of hydrogen-bond acceptors (Lipinski definition) is 3. The lowest BCUT2D eigenvalue weighted by Crippen LogP contribution is -2.22. The summed E-state index contributed by atoms with van der Waals surface area (Å²) in [4.78, 5) is 0. The van der Waals surface area contributed by atoms with E-state index in [2.05, 4.69) is 41.2 Å². The van der Waals surface area contributed by atoms with Gasteiger partial charge in [0.15, 0.2) is 0 Å². The molecule has 1 unspecified atom stereocenters. The summed E-state index contributed by atoms with van der Waals surface area (Å²) in [6, 6.07) is 6.62. The lowest BCUT2D eigenvalue weighted by Gasteiger charge is -2.15. The predicted octanol–water partition coefficient (Wildman–Crippen LogP) is 3.11. The van der Waals surface area contributed by atoms with Gasteiger partial charge in [-0.05, 0) is 23.8 Å². The Morgan fingerprint density at radius 2 is 2.33 bits per heavy atom. The van der Waals surface area contributed by atoms with Crippen molar-refractivity contribution in [3.63, 3.8) is 0 Å². The Morgan fingerprint density at radius 1 is 1.50 bits per heavy atom. The van der Waals surface area contributed by atoms with Crippen LogP contribution in [0.4, 0.5) is 0 Å². The lowest BCUT2D eigenvalue weighted by molar-refractivity contribution is 0.141. The maximum Gasteiger partial charge on any atom is 0.124 e. The van der Waals surface area contributed by atoms with Crippen LogP contribution in [0.3, 0.4) is 0 Å². The Labute approximate surface area is 117 Å². The number of rotatable bonds is 5. The van der Waals surface area contributed by atoms with E-state index in [1.54, 1.807) is 0 Å². The van der Waals surface area contributed by atoms with Crippen LogP contribution in [-0.2, 0) is 11.3 Å². The molecular formula is C14H20BrNO2. The molecule has 18 heavy (non-hydrogen) atoms. The number of hydrogen-bond donors (Lipinski definition) is 1. The SMILES string of the molecule is CC(C)NCc1cc(OC2CCOC2)ccc1Br. The molecule has 1 atom stereocenters. The normalized spacial score (nSPS) is 19.4. The summed E-state index contributed by atoms with van der Waals surface area (Å²) in [5.41, 5.74) is 1.22. The van der Waals surface area contributed by atoms with Crippen molar-refractivity contribution in [3.8, 4) is 5.75 Å². The van der Waals surface area contributed by atoms with Crippen LogP contribution in [0.2, 0.25) is 0 Å². The summed E-state index contributed by atoms with van der Waals surface area (Å²) in [5.74, 6) is 0.925. The van der Waals surface area contributed by atoms with Gasteiger partial charge in [-0.2, -0.15) is 0 Å². The first-order valence-electron chi connectivity index (χ1n) is 6.41. The molecule has 1 fully saturated rings. The standard InChI is InChI=1S/C14H20BrNO2/c1-10(2)16-8-11-7-12(3-4-14(11)15)18-13-5-6-17-9-13/h3-4,7,10,13,16H,5-6,8-9H2,1-2H3. The van der Waals surface area contributed by atoms with Gasteiger partial charge in [-0.3, -0.25) is 0 Å². The quantitative estimate of drug-likeness (QED) is 0.906. The molecular weight excluding hydrogens is 294 g/mol. The van der Waals surface area contributed by atoms with E-state index in [0.717, 1.165) is 29.8 Å². The number of benzene rings is 1. The van der Waals surface area contributed by atoms with E-state index in [9.17, 15) is 0 Å². The average Bonchev–Trinajstić information content (AvgIpc) is 2.82. The molecule has 100 valence electrons. The zero-order chi connectivity index (χ0) is 13.0. The maximum atomic E-state index is 5.90. The number of halogens is 1. The van der Waals surface area contributed by atoms with Crippen molar-refractivity contribution >= 4 is 15.9 Å². The van der Waals surface area contributed by atoms with Gasteiger partial charge in [0.1, 0.15) is 11.9 Å². The summed E-state index contributed by atoms with van der Waals surface area (Å²) in [6.07, 6.45) is 1.19. The van der Waals surface area contributed by atoms with Crippen LogP contribution in [0, 0.1) is 0 Å². The van der Waals surface area contributed by atoms with Crippen molar-refractivity contribution in [1.82, 2.24) is 5.32 Å². The monoisotopic (exact) mass is 313 g/mol. The van der Waals surface area contributed by atoms with Crippen LogP contribution in [0.15, 0.2) is 22.7 Å². The topological polar surface area (TPSA) is 30.5 Å². The second-order valence-electron chi connectivity index (χ2n) is 4.89. The third-order valence-electron chi connectivity index (χ3n) is 2.91. The highest BCUT2D eigenvalue weighted by Gasteiger charge is 2.17. The highest BCUT2D eigenvalue weighted by molar-refractivity contribution is 9.10. The average molecular weight is 314 g/mol. The van der Waals surface area contributed by atoms with Crippen molar-refractivity contribution in [1.29, 1.82) is 0 Å². The first-order valence-corrected chi connectivity index (χ1v) is 7.20. The van der Waals surface area contributed by atoms with Crippen molar-refractivity contribution in [2.45, 2.75) is 39.0 Å². The third kappa shape index (κ3) is 3.97. The molecule has 0 bridgehead atoms. The molecule has 4 heteroatoms. The highest BCUT2D eigenvalue weighted by Crippen LogP contribution is 2.24. The van der Waals surface area contributed by atoms with E-state index in [0.29, 0.717) is 12.6 Å². The molecule has 1 aliphatic heterocycles. The van der Waals surface area contributed by atoms with E-state index >= 15 is 0 Å². The van der Waals surface area contributed by atoms with Gasteiger partial charge in [0.25, 0.3) is 0 Å². The Hall–Kier alpha value is -0.580. The van der Waals surface area contributed by atoms with Crippen LogP contribution < -0.4 is 10.1 Å². The summed E-state index contributed by atoms with van der Waals surface area (Å²) in [6.45, 7) is 6.64. The second-order valence-corrected chi connectivity index (χ2v) is 5.75. The first-order chi connectivity index (χ1) is 8.65. The zero-order valence-electron chi connectivity index (χ0n) is 10.9. The van der Waals surface area contributed by atoms with Gasteiger partial charge in [-0.25, -0.2) is 0 Å². The van der Waals surface area contributed by atoms with Gasteiger partial charge < -0.3 is 14.8 Å². The van der Waals surface area contributed by atoms with Gasteiger partial charge in [0, 0.05) is 23.5 Å². The van der Waals surface area contributed by atoms with Crippen LogP contribution >= 0.6 is 15.9 Å². The van der Waals surface area contributed by atoms with Crippen LogP contribution in [0.1, 0.15) is 25.8 Å². The van der Waals surface area contributed by atoms with Crippen molar-refractivity contribution in [2.24, 2.45) is 0 Å². The van der Waals surface area contributed by atoms with Gasteiger partial charge in [0.05, 0.1) is 13.2 Å². The molecule has 1 N–H and O–H groups in total. The molecule has 0 aliphatic carbocycles. The van der Waals surface area contributed by atoms with E-state index in [-0.39, 0.29) is 6.10 Å². The highest BCUT2D eigenvalue weighted by atomic mass is 79.9. The summed E-state index contributed by atoms with van der Waals surface area (Å²) < 4.78 is 12.3. The molecule has 3 nitrogen and oxygen atoms in total. The third-order valence-corrected chi connectivity index (χ3v) is 3.68. The van der Waals surface area contributed by atoms with E-state index < -0.39 is 0 Å². The zero-order valence-corrected chi connectivity index (χ0v) is 12.5. The summed E-state index contributed by atoms with van der Waals surface area (Å²) in [5, 5.41) is 3.41. The number of nitrogens with one attached hydrogen (secondary N) is 1. The van der Waals surface area contributed by atoms with Gasteiger partial charge >= 0.3 is 0 Å². The smallest absolute Gasteiger partial charge is 0.124 e. The lowest BCUT2D eigenvalue weighted by atomic mass is 10.2. The number of ether oxygens (including phenoxy) is 2. The van der Waals surface area contributed by atoms with Gasteiger partial charge in [0.2, 0.25) is 0 Å². The van der Waals surface area contributed by atoms with Crippen LogP contribution in [0.25, 0.3) is 0 Å². The predicted molar refractivity (Wildman–Crippen MR) is 76.0 cm³/mol. The van der Waals surface area contributed by atoms with Crippen molar-refractivity contribution in [3.05, 3.63) is 28.2 Å². The minimum Gasteiger partial charge on any atom is -0.488 e. The fraction of sp³-hybridized carbons (Fsp3) is 0.571. The van der Waals surface area contributed by atoms with Gasteiger partial charge in [-0.15, -0.1) is 0 Å². The van der Waals surface area contributed by atoms with Crippen molar-refractivity contribution < 1.29 is 9.47 Å². The Kier molecular flexibility index (Phi) is 5.03. The molecule has 1 aromatic rings. The fourth-order valence-electron chi connectivity index (χ4n) is 1.87. The van der Waals surface area contributed by atoms with E-state index in [1.165, 1.54) is 5.56 Å². The molecule has 0 aromatic heterocycles. The molecule has 0 saturated carbocycles. The molecule has 0 spiro atoms. The fourth-order valence-corrected chi connectivity index (χ4v) is 2.26.